The minimum atomic E-state index is -1.93. The zero-order chi connectivity index (χ0) is 13.7. The number of hydrogen-bond acceptors (Lipinski definition) is 4. The lowest BCUT2D eigenvalue weighted by Gasteiger charge is -2.38. The molecule has 100 valence electrons. The highest BCUT2D eigenvalue weighted by atomic mass is 28.4. The summed E-state index contributed by atoms with van der Waals surface area (Å²) in [6.45, 7) is 10.4. The van der Waals surface area contributed by atoms with Crippen LogP contribution in [0.15, 0.2) is 12.2 Å². The van der Waals surface area contributed by atoms with Gasteiger partial charge in [0.05, 0.1) is 19.8 Å². The van der Waals surface area contributed by atoms with Gasteiger partial charge in [0.15, 0.2) is 8.32 Å². The fraction of sp³-hybridized carbons (Fsp3) is 0.750. The Hall–Kier alpha value is -0.653. The molecular weight excluding hydrogens is 236 g/mol. The average molecular weight is 260 g/mol. The Balaban J connectivity index is 4.61. The monoisotopic (exact) mass is 260 g/mol. The summed E-state index contributed by atoms with van der Waals surface area (Å²) < 4.78 is 10.4. The third kappa shape index (κ3) is 5.47. The van der Waals surface area contributed by atoms with Gasteiger partial charge in [-0.05, 0) is 24.2 Å². The van der Waals surface area contributed by atoms with E-state index in [1.807, 2.05) is 0 Å². The van der Waals surface area contributed by atoms with Crippen molar-refractivity contribution >= 4 is 14.3 Å². The molecule has 0 rings (SSSR count). The molecule has 0 aromatic rings. The van der Waals surface area contributed by atoms with Gasteiger partial charge >= 0.3 is 5.97 Å². The Labute approximate surface area is 105 Å². The number of hydrogen-bond donors (Lipinski definition) is 1. The summed E-state index contributed by atoms with van der Waals surface area (Å²) in [7, 11) is -0.620. The number of carbonyl (C=O) groups excluding carboxylic acids is 1. The SMILES string of the molecule is COC(=O)/C=C/C(CO)O[Si](C)(C)C(C)(C)C. The molecule has 0 aliphatic rings. The molecule has 0 amide bonds. The standard InChI is InChI=1S/C12H24O4Si/c1-12(2,3)17(5,6)16-10(9-13)7-8-11(14)15-4/h7-8,10,13H,9H2,1-6H3/b8-7+. The fourth-order valence-corrected chi connectivity index (χ4v) is 2.21. The molecule has 0 aromatic carbocycles. The molecule has 0 bridgehead atoms. The van der Waals surface area contributed by atoms with E-state index in [9.17, 15) is 9.90 Å². The maximum Gasteiger partial charge on any atom is 0.330 e. The summed E-state index contributed by atoms with van der Waals surface area (Å²) >= 11 is 0. The quantitative estimate of drug-likeness (QED) is 0.467. The topological polar surface area (TPSA) is 55.8 Å². The van der Waals surface area contributed by atoms with Crippen LogP contribution in [-0.2, 0) is 14.0 Å². The van der Waals surface area contributed by atoms with Crippen molar-refractivity contribution < 1.29 is 19.1 Å². The lowest BCUT2D eigenvalue weighted by molar-refractivity contribution is -0.134. The van der Waals surface area contributed by atoms with Gasteiger partial charge in [0.25, 0.3) is 0 Å². The number of rotatable bonds is 5. The van der Waals surface area contributed by atoms with Gasteiger partial charge in [-0.3, -0.25) is 0 Å². The summed E-state index contributed by atoms with van der Waals surface area (Å²) in [4.78, 5) is 11.0. The zero-order valence-corrected chi connectivity index (χ0v) is 12.6. The number of esters is 1. The van der Waals surface area contributed by atoms with Crippen molar-refractivity contribution in [2.75, 3.05) is 13.7 Å². The first kappa shape index (κ1) is 16.3. The van der Waals surface area contributed by atoms with E-state index >= 15 is 0 Å². The van der Waals surface area contributed by atoms with Crippen molar-refractivity contribution in [2.45, 2.75) is 45.0 Å². The molecule has 0 spiro atoms. The van der Waals surface area contributed by atoms with Crippen molar-refractivity contribution in [3.05, 3.63) is 12.2 Å². The molecule has 0 aliphatic heterocycles. The molecule has 1 unspecified atom stereocenters. The van der Waals surface area contributed by atoms with Crippen molar-refractivity contribution in [3.8, 4) is 0 Å². The van der Waals surface area contributed by atoms with Crippen molar-refractivity contribution in [3.63, 3.8) is 0 Å². The molecule has 4 nitrogen and oxygen atoms in total. The van der Waals surface area contributed by atoms with Crippen LogP contribution < -0.4 is 0 Å². The molecule has 0 heterocycles. The summed E-state index contributed by atoms with van der Waals surface area (Å²) in [5.74, 6) is -0.442. The second-order valence-electron chi connectivity index (χ2n) is 5.48. The Morgan fingerprint density at radius 2 is 1.94 bits per heavy atom. The first-order chi connectivity index (χ1) is 7.64. The molecule has 1 atom stereocenters. The summed E-state index contributed by atoms with van der Waals surface area (Å²) in [6.07, 6.45) is 2.38. The maximum absolute atomic E-state index is 11.0. The van der Waals surface area contributed by atoms with Gasteiger partial charge in [-0.1, -0.05) is 20.8 Å². The van der Waals surface area contributed by atoms with Gasteiger partial charge in [-0.25, -0.2) is 4.79 Å². The lowest BCUT2D eigenvalue weighted by atomic mass is 10.2. The van der Waals surface area contributed by atoms with E-state index in [-0.39, 0.29) is 11.6 Å². The molecule has 0 aromatic heterocycles. The van der Waals surface area contributed by atoms with Gasteiger partial charge in [0.2, 0.25) is 0 Å². The molecule has 0 radical (unpaired) electrons. The van der Waals surface area contributed by atoms with E-state index in [4.69, 9.17) is 4.43 Å². The molecule has 1 N–H and O–H groups in total. The van der Waals surface area contributed by atoms with Crippen LogP contribution in [-0.4, -0.2) is 39.2 Å². The van der Waals surface area contributed by atoms with Gasteiger partial charge in [0.1, 0.15) is 0 Å². The number of aliphatic hydroxyl groups excluding tert-OH is 1. The second-order valence-corrected chi connectivity index (χ2v) is 10.2. The Bertz CT molecular complexity index is 279. The average Bonchev–Trinajstić information content (AvgIpc) is 2.21. The largest absolute Gasteiger partial charge is 0.466 e. The number of aliphatic hydroxyl groups is 1. The molecule has 0 aliphatic carbocycles. The van der Waals surface area contributed by atoms with Crippen LogP contribution in [0, 0.1) is 0 Å². The van der Waals surface area contributed by atoms with Crippen LogP contribution in [0.25, 0.3) is 0 Å². The first-order valence-electron chi connectivity index (χ1n) is 5.69. The summed E-state index contributed by atoms with van der Waals surface area (Å²) in [5.41, 5.74) is 0. The van der Waals surface area contributed by atoms with E-state index in [0.29, 0.717) is 0 Å². The van der Waals surface area contributed by atoms with E-state index in [1.165, 1.54) is 13.2 Å². The highest BCUT2D eigenvalue weighted by Crippen LogP contribution is 2.37. The van der Waals surface area contributed by atoms with E-state index in [0.717, 1.165) is 0 Å². The molecule has 0 fully saturated rings. The van der Waals surface area contributed by atoms with Crippen LogP contribution in [0.3, 0.4) is 0 Å². The number of methoxy groups -OCH3 is 1. The van der Waals surface area contributed by atoms with Gasteiger partial charge in [-0.15, -0.1) is 0 Å². The molecule has 17 heavy (non-hydrogen) atoms. The maximum atomic E-state index is 11.0. The van der Waals surface area contributed by atoms with Gasteiger partial charge in [-0.2, -0.15) is 0 Å². The Morgan fingerprint density at radius 1 is 1.41 bits per heavy atom. The van der Waals surface area contributed by atoms with E-state index < -0.39 is 20.4 Å². The number of carbonyl (C=O) groups is 1. The highest BCUT2D eigenvalue weighted by Gasteiger charge is 2.38. The Morgan fingerprint density at radius 3 is 2.29 bits per heavy atom. The predicted octanol–water partition coefficient (Wildman–Crippen LogP) is 2.10. The summed E-state index contributed by atoms with van der Waals surface area (Å²) in [6, 6.07) is 0. The van der Waals surface area contributed by atoms with E-state index in [1.54, 1.807) is 6.08 Å². The van der Waals surface area contributed by atoms with Gasteiger partial charge < -0.3 is 14.3 Å². The van der Waals surface area contributed by atoms with Crippen LogP contribution >= 0.6 is 0 Å². The smallest absolute Gasteiger partial charge is 0.330 e. The van der Waals surface area contributed by atoms with Gasteiger partial charge in [0, 0.05) is 6.08 Å². The number of ether oxygens (including phenoxy) is 1. The molecule has 0 saturated carbocycles. The second kappa shape index (κ2) is 6.33. The fourth-order valence-electron chi connectivity index (χ4n) is 0.947. The molecular formula is C12H24O4Si. The zero-order valence-electron chi connectivity index (χ0n) is 11.6. The summed E-state index contributed by atoms with van der Waals surface area (Å²) in [5, 5.41) is 9.30. The third-order valence-corrected chi connectivity index (χ3v) is 7.58. The third-order valence-electron chi connectivity index (χ3n) is 3.08. The molecule has 5 heteroatoms. The molecule has 0 saturated heterocycles. The van der Waals surface area contributed by atoms with Crippen LogP contribution in [0.4, 0.5) is 0 Å². The highest BCUT2D eigenvalue weighted by molar-refractivity contribution is 6.74. The van der Waals surface area contributed by atoms with Crippen molar-refractivity contribution in [2.24, 2.45) is 0 Å². The Kier molecular flexibility index (Phi) is 6.08. The minimum absolute atomic E-state index is 0.0690. The minimum Gasteiger partial charge on any atom is -0.466 e. The van der Waals surface area contributed by atoms with E-state index in [2.05, 4.69) is 38.6 Å². The first-order valence-corrected chi connectivity index (χ1v) is 8.59. The van der Waals surface area contributed by atoms with Crippen LogP contribution in [0.2, 0.25) is 18.1 Å². The van der Waals surface area contributed by atoms with Crippen LogP contribution in [0.1, 0.15) is 20.8 Å². The normalized spacial score (nSPS) is 15.0. The van der Waals surface area contributed by atoms with Crippen LogP contribution in [0.5, 0.6) is 0 Å². The lowest BCUT2D eigenvalue weighted by Crippen LogP contribution is -2.44. The predicted molar refractivity (Wildman–Crippen MR) is 70.3 cm³/mol. The van der Waals surface area contributed by atoms with Crippen molar-refractivity contribution in [1.29, 1.82) is 0 Å². The van der Waals surface area contributed by atoms with Crippen molar-refractivity contribution in [1.82, 2.24) is 0 Å².